The Labute approximate surface area is 98.6 Å². The molecule has 88 valence electrons. The maximum Gasteiger partial charge on any atom is 0.163 e. The Morgan fingerprint density at radius 3 is 2.81 bits per heavy atom. The highest BCUT2D eigenvalue weighted by molar-refractivity contribution is 7.99. The summed E-state index contributed by atoms with van der Waals surface area (Å²) in [5.74, 6) is -0.874. The third kappa shape index (κ3) is 2.09. The molecule has 0 saturated carbocycles. The first kappa shape index (κ1) is 11.9. The van der Waals surface area contributed by atoms with E-state index < -0.39 is 11.6 Å². The van der Waals surface area contributed by atoms with E-state index in [2.05, 4.69) is 12.2 Å². The van der Waals surface area contributed by atoms with Gasteiger partial charge in [-0.15, -0.1) is 0 Å². The van der Waals surface area contributed by atoms with Crippen molar-refractivity contribution in [2.75, 3.05) is 7.05 Å². The van der Waals surface area contributed by atoms with Crippen LogP contribution in [0.25, 0.3) is 0 Å². The molecule has 0 saturated heterocycles. The number of nitrogens with one attached hydrogen (secondary N) is 1. The van der Waals surface area contributed by atoms with Crippen molar-refractivity contribution in [2.45, 2.75) is 30.4 Å². The molecule has 0 aliphatic carbocycles. The van der Waals surface area contributed by atoms with Crippen LogP contribution in [0.2, 0.25) is 0 Å². The van der Waals surface area contributed by atoms with E-state index in [-0.39, 0.29) is 6.04 Å². The van der Waals surface area contributed by atoms with E-state index in [1.54, 1.807) is 17.8 Å². The quantitative estimate of drug-likeness (QED) is 0.812. The van der Waals surface area contributed by atoms with E-state index in [9.17, 15) is 8.78 Å². The number of benzene rings is 1. The highest BCUT2D eigenvalue weighted by atomic mass is 32.2. The summed E-state index contributed by atoms with van der Waals surface area (Å²) in [6.07, 6.45) is 0.944. The van der Waals surface area contributed by atoms with Crippen LogP contribution < -0.4 is 5.32 Å². The molecule has 0 amide bonds. The molecule has 2 atom stereocenters. The summed E-state index contributed by atoms with van der Waals surface area (Å²) in [4.78, 5) is 0. The molecule has 1 aromatic carbocycles. The maximum atomic E-state index is 13.7. The molecule has 0 radical (unpaired) electrons. The zero-order chi connectivity index (χ0) is 11.7. The third-order valence-corrected chi connectivity index (χ3v) is 4.25. The second-order valence-corrected chi connectivity index (χ2v) is 5.55. The van der Waals surface area contributed by atoms with Gasteiger partial charge in [0.2, 0.25) is 0 Å². The van der Waals surface area contributed by atoms with Crippen molar-refractivity contribution in [1.82, 2.24) is 5.32 Å². The minimum atomic E-state index is -0.747. The molecule has 0 aromatic heterocycles. The zero-order valence-corrected chi connectivity index (χ0v) is 10.2. The molecule has 0 bridgehead atoms. The predicted molar refractivity (Wildman–Crippen MR) is 63.5 cm³/mol. The van der Waals surface area contributed by atoms with Crippen LogP contribution in [0.3, 0.4) is 0 Å². The Morgan fingerprint density at radius 1 is 1.38 bits per heavy atom. The molecule has 1 aromatic rings. The normalized spacial score (nSPS) is 25.0. The molecule has 1 aliphatic heterocycles. The first-order chi connectivity index (χ1) is 7.63. The number of halogens is 2. The smallest absolute Gasteiger partial charge is 0.163 e. The van der Waals surface area contributed by atoms with Crippen molar-refractivity contribution in [3.05, 3.63) is 34.9 Å². The lowest BCUT2D eigenvalue weighted by atomic mass is 9.97. The van der Waals surface area contributed by atoms with Crippen molar-refractivity contribution in [3.8, 4) is 0 Å². The summed E-state index contributed by atoms with van der Waals surface area (Å²) in [5, 5.41) is 3.63. The molecule has 0 spiro atoms. The second kappa shape index (κ2) is 4.72. The Morgan fingerprint density at radius 2 is 2.12 bits per heavy atom. The molecule has 16 heavy (non-hydrogen) atoms. The van der Waals surface area contributed by atoms with E-state index in [1.807, 2.05) is 7.05 Å². The summed E-state index contributed by atoms with van der Waals surface area (Å²) >= 11 is 1.68. The van der Waals surface area contributed by atoms with Gasteiger partial charge in [0.05, 0.1) is 0 Å². The monoisotopic (exact) mass is 243 g/mol. The standard InChI is InChI=1S/C12H15F2NS/c1-7-5-11(15-2)8-3-4-10(13)12(14)9(8)6-16-7/h3-4,7,11,15H,5-6H2,1-2H3. The van der Waals surface area contributed by atoms with Crippen molar-refractivity contribution in [2.24, 2.45) is 0 Å². The fourth-order valence-electron chi connectivity index (χ4n) is 2.11. The van der Waals surface area contributed by atoms with E-state index >= 15 is 0 Å². The Kier molecular flexibility index (Phi) is 3.50. The number of thioether (sulfide) groups is 1. The van der Waals surface area contributed by atoms with Gasteiger partial charge in [0.25, 0.3) is 0 Å². The zero-order valence-electron chi connectivity index (χ0n) is 9.39. The molecule has 1 heterocycles. The average molecular weight is 243 g/mol. The van der Waals surface area contributed by atoms with Gasteiger partial charge in [-0.25, -0.2) is 8.78 Å². The molecule has 1 aliphatic rings. The van der Waals surface area contributed by atoms with Crippen LogP contribution >= 0.6 is 11.8 Å². The molecular weight excluding hydrogens is 228 g/mol. The third-order valence-electron chi connectivity index (χ3n) is 3.04. The molecule has 2 rings (SSSR count). The fourth-order valence-corrected chi connectivity index (χ4v) is 3.18. The SMILES string of the molecule is CNC1CC(C)SCc2c1ccc(F)c2F. The van der Waals surface area contributed by atoms with E-state index in [1.165, 1.54) is 6.07 Å². The highest BCUT2D eigenvalue weighted by Crippen LogP contribution is 2.36. The summed E-state index contributed by atoms with van der Waals surface area (Å²) in [5.41, 5.74) is 1.42. The molecule has 1 nitrogen and oxygen atoms in total. The van der Waals surface area contributed by atoms with Crippen LogP contribution in [0.1, 0.15) is 30.5 Å². The second-order valence-electron chi connectivity index (χ2n) is 4.13. The number of hydrogen-bond donors (Lipinski definition) is 1. The lowest BCUT2D eigenvalue weighted by molar-refractivity contribution is 0.491. The van der Waals surface area contributed by atoms with Gasteiger partial charge >= 0.3 is 0 Å². The largest absolute Gasteiger partial charge is 0.313 e. The fraction of sp³-hybridized carbons (Fsp3) is 0.500. The Balaban J connectivity index is 2.48. The molecular formula is C12H15F2NS. The molecule has 4 heteroatoms. The van der Waals surface area contributed by atoms with Crippen molar-refractivity contribution in [3.63, 3.8) is 0 Å². The van der Waals surface area contributed by atoms with Crippen molar-refractivity contribution in [1.29, 1.82) is 0 Å². The predicted octanol–water partition coefficient (Wildman–Crippen LogP) is 3.25. The van der Waals surface area contributed by atoms with Crippen molar-refractivity contribution >= 4 is 11.8 Å². The van der Waals surface area contributed by atoms with Gasteiger partial charge in [-0.3, -0.25) is 0 Å². The van der Waals surface area contributed by atoms with Crippen LogP contribution in [0, 0.1) is 11.6 Å². The average Bonchev–Trinajstić information content (AvgIpc) is 2.43. The van der Waals surface area contributed by atoms with Gasteiger partial charge in [-0.1, -0.05) is 13.0 Å². The lowest BCUT2D eigenvalue weighted by Crippen LogP contribution is -2.19. The van der Waals surface area contributed by atoms with E-state index in [4.69, 9.17) is 0 Å². The Hall–Kier alpha value is -0.610. The number of rotatable bonds is 1. The van der Waals surface area contributed by atoms with Crippen LogP contribution in [-0.4, -0.2) is 12.3 Å². The van der Waals surface area contributed by atoms with Crippen LogP contribution in [0.5, 0.6) is 0 Å². The van der Waals surface area contributed by atoms with Gasteiger partial charge in [0.1, 0.15) is 0 Å². The summed E-state index contributed by atoms with van der Waals surface area (Å²) < 4.78 is 26.8. The first-order valence-electron chi connectivity index (χ1n) is 5.39. The van der Waals surface area contributed by atoms with Crippen LogP contribution in [0.4, 0.5) is 8.78 Å². The minimum Gasteiger partial charge on any atom is -0.313 e. The Bertz CT molecular complexity index is 395. The maximum absolute atomic E-state index is 13.7. The van der Waals surface area contributed by atoms with Crippen LogP contribution in [0.15, 0.2) is 12.1 Å². The van der Waals surface area contributed by atoms with Gasteiger partial charge in [-0.05, 0) is 25.1 Å². The first-order valence-corrected chi connectivity index (χ1v) is 6.44. The van der Waals surface area contributed by atoms with Gasteiger partial charge < -0.3 is 5.32 Å². The topological polar surface area (TPSA) is 12.0 Å². The summed E-state index contributed by atoms with van der Waals surface area (Å²) in [7, 11) is 1.86. The van der Waals surface area contributed by atoms with Gasteiger partial charge in [-0.2, -0.15) is 11.8 Å². The number of hydrogen-bond acceptors (Lipinski definition) is 2. The van der Waals surface area contributed by atoms with E-state index in [0.29, 0.717) is 16.6 Å². The molecule has 2 unspecified atom stereocenters. The van der Waals surface area contributed by atoms with Crippen molar-refractivity contribution < 1.29 is 8.78 Å². The molecule has 0 fully saturated rings. The van der Waals surface area contributed by atoms with Gasteiger partial charge in [0.15, 0.2) is 11.6 Å². The number of fused-ring (bicyclic) bond motifs is 1. The minimum absolute atomic E-state index is 0.120. The summed E-state index contributed by atoms with van der Waals surface area (Å²) in [6, 6.07) is 3.04. The van der Waals surface area contributed by atoms with E-state index in [0.717, 1.165) is 12.0 Å². The highest BCUT2D eigenvalue weighted by Gasteiger charge is 2.25. The van der Waals surface area contributed by atoms with Crippen LogP contribution in [-0.2, 0) is 5.75 Å². The summed E-state index contributed by atoms with van der Waals surface area (Å²) in [6.45, 7) is 2.12. The molecule has 1 N–H and O–H groups in total. The lowest BCUT2D eigenvalue weighted by Gasteiger charge is -2.18. The van der Waals surface area contributed by atoms with Gasteiger partial charge in [0, 0.05) is 22.6 Å².